The van der Waals surface area contributed by atoms with Gasteiger partial charge in [-0.1, -0.05) is 12.2 Å². The van der Waals surface area contributed by atoms with Crippen molar-refractivity contribution in [3.63, 3.8) is 0 Å². The molecule has 1 aliphatic rings. The molecule has 1 amide bonds. The largest absolute Gasteiger partial charge is 0.464 e. The molecular formula is C15H16N2O3S. The third-order valence-corrected chi connectivity index (χ3v) is 3.82. The lowest BCUT2D eigenvalue weighted by Gasteiger charge is -2.32. The predicted molar refractivity (Wildman–Crippen MR) is 79.7 cm³/mol. The number of carbonyl (C=O) groups excluding carboxylic acids is 1. The lowest BCUT2D eigenvalue weighted by atomic mass is 10.2. The molecule has 3 heterocycles. The van der Waals surface area contributed by atoms with E-state index in [1.54, 1.807) is 23.2 Å². The summed E-state index contributed by atoms with van der Waals surface area (Å²) in [5, 5.41) is 0. The minimum Gasteiger partial charge on any atom is -0.464 e. The molecule has 1 unspecified atom stereocenters. The lowest BCUT2D eigenvalue weighted by Crippen LogP contribution is -2.42. The summed E-state index contributed by atoms with van der Waals surface area (Å²) in [5.74, 6) is 1.51. The summed E-state index contributed by atoms with van der Waals surface area (Å²) in [7, 11) is 0. The summed E-state index contributed by atoms with van der Waals surface area (Å²) >= 11 is 5.17. The van der Waals surface area contributed by atoms with Gasteiger partial charge in [0, 0.05) is 12.7 Å². The van der Waals surface area contributed by atoms with E-state index in [1.165, 1.54) is 0 Å². The molecule has 1 saturated heterocycles. The average molecular weight is 304 g/mol. The van der Waals surface area contributed by atoms with Crippen molar-refractivity contribution in [3.05, 3.63) is 52.2 Å². The van der Waals surface area contributed by atoms with Gasteiger partial charge in [0.1, 0.15) is 22.3 Å². The van der Waals surface area contributed by atoms with Crippen LogP contribution in [0.1, 0.15) is 28.0 Å². The van der Waals surface area contributed by atoms with E-state index in [1.807, 2.05) is 19.1 Å². The first-order valence-corrected chi connectivity index (χ1v) is 7.21. The summed E-state index contributed by atoms with van der Waals surface area (Å²) in [6.07, 6.45) is 1.49. The highest BCUT2D eigenvalue weighted by Crippen LogP contribution is 2.24. The molecule has 2 aromatic rings. The van der Waals surface area contributed by atoms with Crippen molar-refractivity contribution >= 4 is 18.1 Å². The maximum Gasteiger partial charge on any atom is 0.257 e. The summed E-state index contributed by atoms with van der Waals surface area (Å²) in [4.78, 5) is 17.2. The van der Waals surface area contributed by atoms with E-state index >= 15 is 0 Å². The van der Waals surface area contributed by atoms with Crippen LogP contribution in [0.2, 0.25) is 0 Å². The number of nitrogens with one attached hydrogen (secondary N) is 1. The number of furan rings is 1. The molecule has 6 heteroatoms. The third kappa shape index (κ3) is 2.91. The van der Waals surface area contributed by atoms with Gasteiger partial charge in [-0.05, 0) is 31.2 Å². The highest BCUT2D eigenvalue weighted by atomic mass is 32.1. The Morgan fingerprint density at radius 3 is 3.00 bits per heavy atom. The van der Waals surface area contributed by atoms with E-state index < -0.39 is 0 Å². The van der Waals surface area contributed by atoms with Crippen LogP contribution in [0.25, 0.3) is 0 Å². The van der Waals surface area contributed by atoms with Gasteiger partial charge in [-0.3, -0.25) is 4.79 Å². The van der Waals surface area contributed by atoms with Crippen LogP contribution in [0.3, 0.4) is 0 Å². The van der Waals surface area contributed by atoms with Gasteiger partial charge >= 0.3 is 0 Å². The normalized spacial score (nSPS) is 18.7. The zero-order valence-corrected chi connectivity index (χ0v) is 12.5. The number of aromatic amines is 1. The van der Waals surface area contributed by atoms with E-state index in [9.17, 15) is 4.79 Å². The van der Waals surface area contributed by atoms with Gasteiger partial charge in [-0.25, -0.2) is 0 Å². The highest BCUT2D eigenvalue weighted by Gasteiger charge is 2.28. The number of nitrogens with zero attached hydrogens (tertiary/aromatic N) is 1. The van der Waals surface area contributed by atoms with Crippen LogP contribution in [0, 0.1) is 11.6 Å². The molecule has 5 nitrogen and oxygen atoms in total. The molecular weight excluding hydrogens is 288 g/mol. The summed E-state index contributed by atoms with van der Waals surface area (Å²) in [6, 6.07) is 7.30. The number of rotatable bonds is 2. The van der Waals surface area contributed by atoms with Crippen molar-refractivity contribution in [1.29, 1.82) is 0 Å². The number of amides is 1. The number of aromatic nitrogens is 1. The van der Waals surface area contributed by atoms with E-state index in [2.05, 4.69) is 4.98 Å². The molecule has 0 aliphatic carbocycles. The zero-order valence-electron chi connectivity index (χ0n) is 11.7. The average Bonchev–Trinajstić information content (AvgIpc) is 2.94. The van der Waals surface area contributed by atoms with Crippen molar-refractivity contribution in [2.24, 2.45) is 0 Å². The van der Waals surface area contributed by atoms with Crippen LogP contribution in [-0.4, -0.2) is 35.5 Å². The SMILES string of the molecule is Cc1ccc(C2CN(C(=O)c3ccc[nH]c3=S)CCO2)o1. The van der Waals surface area contributed by atoms with Gasteiger partial charge < -0.3 is 19.0 Å². The maximum absolute atomic E-state index is 12.6. The standard InChI is InChI=1S/C15H16N2O3S/c1-10-4-5-12(20-10)13-9-17(7-8-19-13)15(18)11-3-2-6-16-14(11)21/h2-6,13H,7-9H2,1H3,(H,16,21). The van der Waals surface area contributed by atoms with Gasteiger partial charge in [0.15, 0.2) is 0 Å². The highest BCUT2D eigenvalue weighted by molar-refractivity contribution is 7.71. The molecule has 2 aromatic heterocycles. The molecule has 0 aromatic carbocycles. The first kappa shape index (κ1) is 14.0. The Bertz CT molecular complexity index is 707. The molecule has 1 aliphatic heterocycles. The van der Waals surface area contributed by atoms with Crippen LogP contribution in [-0.2, 0) is 4.74 Å². The molecule has 110 valence electrons. The Morgan fingerprint density at radius 1 is 1.43 bits per heavy atom. The molecule has 1 N–H and O–H groups in total. The lowest BCUT2D eigenvalue weighted by molar-refractivity contribution is -0.0324. The van der Waals surface area contributed by atoms with Crippen molar-refractivity contribution in [1.82, 2.24) is 9.88 Å². The number of ether oxygens (including phenoxy) is 1. The van der Waals surface area contributed by atoms with Crippen LogP contribution in [0.4, 0.5) is 0 Å². The van der Waals surface area contributed by atoms with Crippen LogP contribution >= 0.6 is 12.2 Å². The third-order valence-electron chi connectivity index (χ3n) is 3.48. The second kappa shape index (κ2) is 5.83. The van der Waals surface area contributed by atoms with Crippen molar-refractivity contribution < 1.29 is 13.9 Å². The fourth-order valence-electron chi connectivity index (χ4n) is 2.39. The summed E-state index contributed by atoms with van der Waals surface area (Å²) in [6.45, 7) is 3.39. The fraction of sp³-hybridized carbons (Fsp3) is 0.333. The second-order valence-corrected chi connectivity index (χ2v) is 5.38. The van der Waals surface area contributed by atoms with Gasteiger partial charge in [0.25, 0.3) is 5.91 Å². The number of carbonyl (C=O) groups is 1. The topological polar surface area (TPSA) is 58.5 Å². The Hall–Kier alpha value is -1.92. The van der Waals surface area contributed by atoms with E-state index in [-0.39, 0.29) is 12.0 Å². The van der Waals surface area contributed by atoms with E-state index in [0.717, 1.165) is 11.5 Å². The van der Waals surface area contributed by atoms with Gasteiger partial charge in [0.2, 0.25) is 0 Å². The predicted octanol–water partition coefficient (Wildman–Crippen LogP) is 2.86. The number of morpholine rings is 1. The number of hydrogen-bond donors (Lipinski definition) is 1. The molecule has 3 rings (SSSR count). The molecule has 1 fully saturated rings. The molecule has 0 spiro atoms. The first-order chi connectivity index (χ1) is 10.1. The number of hydrogen-bond acceptors (Lipinski definition) is 4. The van der Waals surface area contributed by atoms with Crippen molar-refractivity contribution in [2.75, 3.05) is 19.7 Å². The zero-order chi connectivity index (χ0) is 14.8. The van der Waals surface area contributed by atoms with Gasteiger partial charge in [0.05, 0.1) is 18.7 Å². The Morgan fingerprint density at radius 2 is 2.29 bits per heavy atom. The molecule has 1 atom stereocenters. The fourth-order valence-corrected chi connectivity index (χ4v) is 2.62. The Kier molecular flexibility index (Phi) is 3.90. The van der Waals surface area contributed by atoms with Crippen LogP contribution in [0.15, 0.2) is 34.9 Å². The molecule has 0 radical (unpaired) electrons. The number of pyridine rings is 1. The van der Waals surface area contributed by atoms with E-state index in [0.29, 0.717) is 29.9 Å². The quantitative estimate of drug-likeness (QED) is 0.867. The van der Waals surface area contributed by atoms with E-state index in [4.69, 9.17) is 21.4 Å². The molecule has 21 heavy (non-hydrogen) atoms. The monoisotopic (exact) mass is 304 g/mol. The van der Waals surface area contributed by atoms with Gasteiger partial charge in [-0.15, -0.1) is 0 Å². The van der Waals surface area contributed by atoms with Crippen molar-refractivity contribution in [2.45, 2.75) is 13.0 Å². The smallest absolute Gasteiger partial charge is 0.257 e. The molecule has 0 saturated carbocycles. The molecule has 0 bridgehead atoms. The van der Waals surface area contributed by atoms with Gasteiger partial charge in [-0.2, -0.15) is 0 Å². The van der Waals surface area contributed by atoms with Crippen molar-refractivity contribution in [3.8, 4) is 0 Å². The summed E-state index contributed by atoms with van der Waals surface area (Å²) in [5.41, 5.74) is 0.517. The maximum atomic E-state index is 12.6. The minimum absolute atomic E-state index is 0.0755. The Balaban J connectivity index is 1.79. The van der Waals surface area contributed by atoms with Crippen LogP contribution in [0.5, 0.6) is 0 Å². The summed E-state index contributed by atoms with van der Waals surface area (Å²) < 4.78 is 11.8. The second-order valence-electron chi connectivity index (χ2n) is 4.97. The minimum atomic E-state index is -0.224. The Labute approximate surface area is 127 Å². The number of aryl methyl sites for hydroxylation is 1. The number of H-pyrrole nitrogens is 1. The van der Waals surface area contributed by atoms with Crippen LogP contribution < -0.4 is 0 Å². The first-order valence-electron chi connectivity index (χ1n) is 6.80.